The largest absolute Gasteiger partial charge is 0.380 e. The Morgan fingerprint density at radius 2 is 2.36 bits per heavy atom. The van der Waals surface area contributed by atoms with Crippen molar-refractivity contribution in [3.8, 4) is 0 Å². The van der Waals surface area contributed by atoms with Gasteiger partial charge in [-0.05, 0) is 44.4 Å². The predicted octanol–water partition coefficient (Wildman–Crippen LogP) is 3.52. The highest BCUT2D eigenvalue weighted by atomic mass is 79.9. The molecule has 0 radical (unpaired) electrons. The standard InChI is InChI=1S/C10H9BrN2S/c11-9-6-12-3-1-10(9)13-5-8-2-4-14-7-8/h1-4,6-7H,5H2,(H,12,13). The highest BCUT2D eigenvalue weighted by Gasteiger charge is 1.98. The zero-order chi connectivity index (χ0) is 9.80. The minimum absolute atomic E-state index is 0.853. The monoisotopic (exact) mass is 268 g/mol. The van der Waals surface area contributed by atoms with Crippen molar-refractivity contribution in [2.45, 2.75) is 6.54 Å². The lowest BCUT2D eigenvalue weighted by Gasteiger charge is -2.06. The third-order valence-electron chi connectivity index (χ3n) is 1.84. The molecule has 4 heteroatoms. The summed E-state index contributed by atoms with van der Waals surface area (Å²) < 4.78 is 0.996. The molecule has 0 fully saturated rings. The second-order valence-electron chi connectivity index (χ2n) is 2.84. The molecule has 72 valence electrons. The van der Waals surface area contributed by atoms with E-state index in [-0.39, 0.29) is 0 Å². The van der Waals surface area contributed by atoms with Crippen LogP contribution in [-0.2, 0) is 6.54 Å². The number of halogens is 1. The van der Waals surface area contributed by atoms with E-state index in [0.29, 0.717) is 0 Å². The lowest BCUT2D eigenvalue weighted by Crippen LogP contribution is -1.98. The van der Waals surface area contributed by atoms with Crippen LogP contribution in [0.1, 0.15) is 5.56 Å². The van der Waals surface area contributed by atoms with E-state index in [0.717, 1.165) is 16.7 Å². The molecule has 2 aromatic heterocycles. The molecule has 0 unspecified atom stereocenters. The van der Waals surface area contributed by atoms with Crippen molar-refractivity contribution in [3.05, 3.63) is 45.3 Å². The van der Waals surface area contributed by atoms with Crippen molar-refractivity contribution in [2.75, 3.05) is 5.32 Å². The van der Waals surface area contributed by atoms with Crippen LogP contribution in [-0.4, -0.2) is 4.98 Å². The van der Waals surface area contributed by atoms with Gasteiger partial charge in [0, 0.05) is 18.9 Å². The van der Waals surface area contributed by atoms with Gasteiger partial charge in [-0.1, -0.05) is 0 Å². The van der Waals surface area contributed by atoms with E-state index in [1.54, 1.807) is 23.7 Å². The molecule has 2 rings (SSSR count). The molecule has 2 nitrogen and oxygen atoms in total. The third-order valence-corrected chi connectivity index (χ3v) is 3.20. The van der Waals surface area contributed by atoms with E-state index < -0.39 is 0 Å². The average Bonchev–Trinajstić information content (AvgIpc) is 2.69. The first-order valence-electron chi connectivity index (χ1n) is 4.21. The summed E-state index contributed by atoms with van der Waals surface area (Å²) in [6.45, 7) is 0.853. The molecule has 0 amide bonds. The topological polar surface area (TPSA) is 24.9 Å². The Morgan fingerprint density at radius 1 is 1.43 bits per heavy atom. The molecular weight excluding hydrogens is 260 g/mol. The van der Waals surface area contributed by atoms with Crippen LogP contribution < -0.4 is 5.32 Å². The first kappa shape index (κ1) is 9.68. The van der Waals surface area contributed by atoms with Gasteiger partial charge in [0.1, 0.15) is 0 Å². The summed E-state index contributed by atoms with van der Waals surface area (Å²) in [7, 11) is 0. The third kappa shape index (κ3) is 2.33. The molecule has 0 aliphatic heterocycles. The van der Waals surface area contributed by atoms with Crippen molar-refractivity contribution >= 4 is 33.0 Å². The van der Waals surface area contributed by atoms with Crippen LogP contribution in [0.4, 0.5) is 5.69 Å². The van der Waals surface area contributed by atoms with Gasteiger partial charge >= 0.3 is 0 Å². The maximum atomic E-state index is 4.01. The van der Waals surface area contributed by atoms with Gasteiger partial charge in [0.2, 0.25) is 0 Å². The van der Waals surface area contributed by atoms with Crippen LogP contribution in [0.25, 0.3) is 0 Å². The number of nitrogens with zero attached hydrogens (tertiary/aromatic N) is 1. The predicted molar refractivity (Wildman–Crippen MR) is 63.6 cm³/mol. The van der Waals surface area contributed by atoms with Crippen LogP contribution in [0.3, 0.4) is 0 Å². The minimum Gasteiger partial charge on any atom is -0.380 e. The van der Waals surface area contributed by atoms with Gasteiger partial charge in [-0.3, -0.25) is 4.98 Å². The highest BCUT2D eigenvalue weighted by molar-refractivity contribution is 9.10. The lowest BCUT2D eigenvalue weighted by molar-refractivity contribution is 1.15. The van der Waals surface area contributed by atoms with Crippen LogP contribution >= 0.6 is 27.3 Å². The summed E-state index contributed by atoms with van der Waals surface area (Å²) in [4.78, 5) is 4.01. The van der Waals surface area contributed by atoms with Crippen LogP contribution in [0.2, 0.25) is 0 Å². The van der Waals surface area contributed by atoms with Crippen LogP contribution in [0.15, 0.2) is 39.8 Å². The number of pyridine rings is 1. The SMILES string of the molecule is Brc1cnccc1NCc1ccsc1. The zero-order valence-corrected chi connectivity index (χ0v) is 9.81. The first-order chi connectivity index (χ1) is 6.86. The maximum absolute atomic E-state index is 4.01. The number of hydrogen-bond donors (Lipinski definition) is 1. The van der Waals surface area contributed by atoms with Gasteiger partial charge in [-0.2, -0.15) is 11.3 Å². The number of hydrogen-bond acceptors (Lipinski definition) is 3. The number of nitrogens with one attached hydrogen (secondary N) is 1. The summed E-state index contributed by atoms with van der Waals surface area (Å²) in [6.07, 6.45) is 3.57. The van der Waals surface area contributed by atoms with Crippen LogP contribution in [0.5, 0.6) is 0 Å². The average molecular weight is 269 g/mol. The van der Waals surface area contributed by atoms with Crippen molar-refractivity contribution in [3.63, 3.8) is 0 Å². The Labute approximate surface area is 95.1 Å². The first-order valence-corrected chi connectivity index (χ1v) is 5.94. The lowest BCUT2D eigenvalue weighted by atomic mass is 10.3. The molecule has 0 atom stereocenters. The van der Waals surface area contributed by atoms with Gasteiger partial charge in [0.25, 0.3) is 0 Å². The fourth-order valence-electron chi connectivity index (χ4n) is 1.11. The van der Waals surface area contributed by atoms with Gasteiger partial charge in [-0.15, -0.1) is 0 Å². The minimum atomic E-state index is 0.853. The fraction of sp³-hybridized carbons (Fsp3) is 0.100. The molecule has 14 heavy (non-hydrogen) atoms. The van der Waals surface area contributed by atoms with Gasteiger partial charge in [0.15, 0.2) is 0 Å². The van der Waals surface area contributed by atoms with Crippen LogP contribution in [0, 0.1) is 0 Å². The summed E-state index contributed by atoms with van der Waals surface area (Å²) in [5, 5.41) is 7.56. The number of rotatable bonds is 3. The zero-order valence-electron chi connectivity index (χ0n) is 7.40. The van der Waals surface area contributed by atoms with E-state index in [2.05, 4.69) is 43.1 Å². The maximum Gasteiger partial charge on any atom is 0.0590 e. The van der Waals surface area contributed by atoms with Crippen molar-refractivity contribution in [1.82, 2.24) is 4.98 Å². The molecule has 0 saturated carbocycles. The summed E-state index contributed by atoms with van der Waals surface area (Å²) in [6, 6.07) is 4.07. The Bertz CT molecular complexity index is 400. The van der Waals surface area contributed by atoms with Gasteiger partial charge < -0.3 is 5.32 Å². The molecule has 0 spiro atoms. The van der Waals surface area contributed by atoms with E-state index in [4.69, 9.17) is 0 Å². The second-order valence-corrected chi connectivity index (χ2v) is 4.48. The molecule has 0 aliphatic carbocycles. The molecule has 0 bridgehead atoms. The van der Waals surface area contributed by atoms with E-state index in [1.165, 1.54) is 5.56 Å². The molecule has 1 N–H and O–H groups in total. The number of anilines is 1. The Hall–Kier alpha value is -0.870. The smallest absolute Gasteiger partial charge is 0.0590 e. The normalized spacial score (nSPS) is 10.1. The Morgan fingerprint density at radius 3 is 3.07 bits per heavy atom. The van der Waals surface area contributed by atoms with E-state index in [9.17, 15) is 0 Å². The molecule has 2 heterocycles. The molecular formula is C10H9BrN2S. The Kier molecular flexibility index (Phi) is 3.16. The molecule has 0 aliphatic rings. The van der Waals surface area contributed by atoms with Crippen molar-refractivity contribution in [2.24, 2.45) is 0 Å². The Balaban J connectivity index is 2.02. The fourth-order valence-corrected chi connectivity index (χ4v) is 2.17. The number of aromatic nitrogens is 1. The molecule has 0 saturated heterocycles. The molecule has 2 aromatic rings. The highest BCUT2D eigenvalue weighted by Crippen LogP contribution is 2.20. The van der Waals surface area contributed by atoms with Crippen molar-refractivity contribution in [1.29, 1.82) is 0 Å². The van der Waals surface area contributed by atoms with Gasteiger partial charge in [-0.25, -0.2) is 0 Å². The molecule has 0 aromatic carbocycles. The summed E-state index contributed by atoms with van der Waals surface area (Å²) >= 11 is 5.15. The summed E-state index contributed by atoms with van der Waals surface area (Å²) in [5.41, 5.74) is 2.38. The van der Waals surface area contributed by atoms with Gasteiger partial charge in [0.05, 0.1) is 10.2 Å². The van der Waals surface area contributed by atoms with E-state index in [1.807, 2.05) is 6.07 Å². The second kappa shape index (κ2) is 4.57. The van der Waals surface area contributed by atoms with E-state index >= 15 is 0 Å². The summed E-state index contributed by atoms with van der Waals surface area (Å²) in [5.74, 6) is 0. The van der Waals surface area contributed by atoms with Crippen molar-refractivity contribution < 1.29 is 0 Å². The number of thiophene rings is 1. The quantitative estimate of drug-likeness (QED) is 0.922.